The second-order valence-electron chi connectivity index (χ2n) is 4.89. The van der Waals surface area contributed by atoms with Gasteiger partial charge in [-0.25, -0.2) is 0 Å². The quantitative estimate of drug-likeness (QED) is 0.564. The van der Waals surface area contributed by atoms with E-state index in [1.54, 1.807) is 0 Å². The van der Waals surface area contributed by atoms with Crippen molar-refractivity contribution in [1.82, 2.24) is 0 Å². The third-order valence-corrected chi connectivity index (χ3v) is 3.39. The first-order chi connectivity index (χ1) is 10.9. The van der Waals surface area contributed by atoms with Crippen LogP contribution in [0.25, 0.3) is 11.1 Å². The number of benzene rings is 3. The average Bonchev–Trinajstić information content (AvgIpc) is 2.61. The zero-order valence-corrected chi connectivity index (χ0v) is 12.1. The number of terminal acetylenes is 1. The summed E-state index contributed by atoms with van der Waals surface area (Å²) in [7, 11) is 0. The summed E-state index contributed by atoms with van der Waals surface area (Å²) in [6, 6.07) is 26.1. The van der Waals surface area contributed by atoms with Gasteiger partial charge in [0.05, 0.1) is 0 Å². The molecule has 0 heteroatoms. The Hall–Kier alpha value is -3.22. The van der Waals surface area contributed by atoms with E-state index in [2.05, 4.69) is 29.9 Å². The van der Waals surface area contributed by atoms with Gasteiger partial charge in [-0.15, -0.1) is 6.42 Å². The highest BCUT2D eigenvalue weighted by molar-refractivity contribution is 5.73. The lowest BCUT2D eigenvalue weighted by Gasteiger charge is -2.06. The van der Waals surface area contributed by atoms with Crippen molar-refractivity contribution in [3.63, 3.8) is 0 Å². The normalized spacial score (nSPS) is 9.41. The lowest BCUT2D eigenvalue weighted by atomic mass is 9.97. The molecule has 0 nitrogen and oxygen atoms in total. The fourth-order valence-electron chi connectivity index (χ4n) is 2.26. The Morgan fingerprint density at radius 3 is 2.00 bits per heavy atom. The van der Waals surface area contributed by atoms with Crippen molar-refractivity contribution in [2.45, 2.75) is 0 Å². The van der Waals surface area contributed by atoms with Crippen molar-refractivity contribution in [3.05, 3.63) is 95.6 Å². The highest BCUT2D eigenvalue weighted by Crippen LogP contribution is 2.24. The molecule has 0 unspecified atom stereocenters. The van der Waals surface area contributed by atoms with Gasteiger partial charge in [0.1, 0.15) is 0 Å². The molecule has 0 saturated heterocycles. The van der Waals surface area contributed by atoms with Crippen LogP contribution < -0.4 is 0 Å². The lowest BCUT2D eigenvalue weighted by Crippen LogP contribution is -1.87. The molecule has 102 valence electrons. The largest absolute Gasteiger partial charge is 0.115 e. The average molecular weight is 278 g/mol. The van der Waals surface area contributed by atoms with Crippen LogP contribution in [0.2, 0.25) is 0 Å². The molecule has 0 heterocycles. The van der Waals surface area contributed by atoms with Crippen LogP contribution in [-0.4, -0.2) is 0 Å². The zero-order valence-electron chi connectivity index (χ0n) is 12.1. The van der Waals surface area contributed by atoms with E-state index >= 15 is 0 Å². The lowest BCUT2D eigenvalue weighted by molar-refractivity contribution is 1.55. The minimum Gasteiger partial charge on any atom is -0.115 e. The smallest absolute Gasteiger partial charge is 0.0328 e. The molecule has 0 spiro atoms. The molecule has 0 bridgehead atoms. The van der Waals surface area contributed by atoms with Gasteiger partial charge in [-0.2, -0.15) is 0 Å². The maximum Gasteiger partial charge on any atom is 0.0328 e. The predicted octanol–water partition coefficient (Wildman–Crippen LogP) is 4.73. The standard InChI is InChI=1S/C22H14/c1-2-18-13-15-21(16-14-19-9-5-3-6-10-19)22(17-18)20-11-7-4-8-12-20/h1,3-13,15,17H. The molecule has 0 amide bonds. The SMILES string of the molecule is C#Cc1ccc(C#Cc2ccccc2)c(-c2ccccc2)c1. The maximum absolute atomic E-state index is 5.53. The second-order valence-corrected chi connectivity index (χ2v) is 4.89. The van der Waals surface area contributed by atoms with Crippen LogP contribution >= 0.6 is 0 Å². The Bertz CT molecular complexity index is 870. The van der Waals surface area contributed by atoms with Crippen molar-refractivity contribution < 1.29 is 0 Å². The van der Waals surface area contributed by atoms with E-state index in [-0.39, 0.29) is 0 Å². The molecular weight excluding hydrogens is 264 g/mol. The first-order valence-electron chi connectivity index (χ1n) is 7.10. The van der Waals surface area contributed by atoms with Gasteiger partial charge in [0.15, 0.2) is 0 Å². The molecule has 3 rings (SSSR count). The summed E-state index contributed by atoms with van der Waals surface area (Å²) in [6.45, 7) is 0. The molecule has 0 aliphatic heterocycles. The molecule has 0 fully saturated rings. The van der Waals surface area contributed by atoms with E-state index in [0.29, 0.717) is 0 Å². The molecule has 0 radical (unpaired) electrons. The van der Waals surface area contributed by atoms with Gasteiger partial charge < -0.3 is 0 Å². The Labute approximate surface area is 131 Å². The van der Waals surface area contributed by atoms with Crippen LogP contribution in [0.15, 0.2) is 78.9 Å². The summed E-state index contributed by atoms with van der Waals surface area (Å²) in [5, 5.41) is 0. The van der Waals surface area contributed by atoms with E-state index in [1.807, 2.05) is 66.7 Å². The summed E-state index contributed by atoms with van der Waals surface area (Å²) in [5.74, 6) is 9.16. The van der Waals surface area contributed by atoms with Crippen molar-refractivity contribution in [2.75, 3.05) is 0 Å². The van der Waals surface area contributed by atoms with Gasteiger partial charge in [-0.1, -0.05) is 66.3 Å². The van der Waals surface area contributed by atoms with Crippen LogP contribution in [0.1, 0.15) is 16.7 Å². The topological polar surface area (TPSA) is 0 Å². The van der Waals surface area contributed by atoms with Crippen LogP contribution in [0.4, 0.5) is 0 Å². The summed E-state index contributed by atoms with van der Waals surface area (Å²) < 4.78 is 0. The predicted molar refractivity (Wildman–Crippen MR) is 92.2 cm³/mol. The van der Waals surface area contributed by atoms with E-state index in [0.717, 1.165) is 27.8 Å². The Morgan fingerprint density at radius 1 is 0.636 bits per heavy atom. The zero-order chi connectivity index (χ0) is 15.2. The van der Waals surface area contributed by atoms with Gasteiger partial charge in [0.25, 0.3) is 0 Å². The van der Waals surface area contributed by atoms with Gasteiger partial charge in [-0.3, -0.25) is 0 Å². The van der Waals surface area contributed by atoms with Crippen LogP contribution in [-0.2, 0) is 0 Å². The van der Waals surface area contributed by atoms with Gasteiger partial charge in [-0.05, 0) is 41.5 Å². The molecule has 0 saturated carbocycles. The Morgan fingerprint density at radius 2 is 1.32 bits per heavy atom. The number of hydrogen-bond donors (Lipinski definition) is 0. The maximum atomic E-state index is 5.53. The fraction of sp³-hybridized carbons (Fsp3) is 0. The molecule has 22 heavy (non-hydrogen) atoms. The number of hydrogen-bond acceptors (Lipinski definition) is 0. The molecule has 3 aromatic carbocycles. The molecule has 0 N–H and O–H groups in total. The molecule has 3 aromatic rings. The third kappa shape index (κ3) is 3.09. The van der Waals surface area contributed by atoms with Gasteiger partial charge in [0, 0.05) is 16.7 Å². The van der Waals surface area contributed by atoms with Crippen LogP contribution in [0, 0.1) is 24.2 Å². The minimum absolute atomic E-state index is 0.865. The van der Waals surface area contributed by atoms with Crippen molar-refractivity contribution in [2.24, 2.45) is 0 Å². The summed E-state index contributed by atoms with van der Waals surface area (Å²) >= 11 is 0. The monoisotopic (exact) mass is 278 g/mol. The van der Waals surface area contributed by atoms with E-state index in [4.69, 9.17) is 6.42 Å². The molecule has 0 aliphatic rings. The van der Waals surface area contributed by atoms with Crippen LogP contribution in [0.3, 0.4) is 0 Å². The Balaban J connectivity index is 2.09. The number of rotatable bonds is 1. The first kappa shape index (κ1) is 13.7. The van der Waals surface area contributed by atoms with Crippen molar-refractivity contribution in [1.29, 1.82) is 0 Å². The van der Waals surface area contributed by atoms with Gasteiger partial charge in [0.2, 0.25) is 0 Å². The molecule has 0 aliphatic carbocycles. The van der Waals surface area contributed by atoms with E-state index in [9.17, 15) is 0 Å². The summed E-state index contributed by atoms with van der Waals surface area (Å²) in [4.78, 5) is 0. The highest BCUT2D eigenvalue weighted by Gasteiger charge is 2.04. The minimum atomic E-state index is 0.865. The van der Waals surface area contributed by atoms with Crippen LogP contribution in [0.5, 0.6) is 0 Å². The van der Waals surface area contributed by atoms with E-state index < -0.39 is 0 Å². The first-order valence-corrected chi connectivity index (χ1v) is 7.10. The molecule has 0 atom stereocenters. The van der Waals surface area contributed by atoms with Crippen molar-refractivity contribution >= 4 is 0 Å². The van der Waals surface area contributed by atoms with E-state index in [1.165, 1.54) is 0 Å². The third-order valence-electron chi connectivity index (χ3n) is 3.39. The highest BCUT2D eigenvalue weighted by atomic mass is 14.1. The fourth-order valence-corrected chi connectivity index (χ4v) is 2.26. The van der Waals surface area contributed by atoms with Gasteiger partial charge >= 0.3 is 0 Å². The molecular formula is C22H14. The Kier molecular flexibility index (Phi) is 4.05. The van der Waals surface area contributed by atoms with Crippen molar-refractivity contribution in [3.8, 4) is 35.3 Å². The molecule has 0 aromatic heterocycles. The second kappa shape index (κ2) is 6.49. The summed E-state index contributed by atoms with van der Waals surface area (Å²) in [6.07, 6.45) is 5.53. The summed E-state index contributed by atoms with van der Waals surface area (Å²) in [5.41, 5.74) is 5.04.